The first-order valence-corrected chi connectivity index (χ1v) is 12.5. The Morgan fingerprint density at radius 2 is 1.78 bits per heavy atom. The Morgan fingerprint density at radius 3 is 2.43 bits per heavy atom. The fourth-order valence-corrected chi connectivity index (χ4v) is 4.60. The molecular weight excluding hydrogens is 466 g/mol. The number of amides is 1. The molecule has 0 unspecified atom stereocenters. The summed E-state index contributed by atoms with van der Waals surface area (Å²) >= 11 is 0. The minimum absolute atomic E-state index is 0.0474. The molecular formula is C28H31N7O2. The van der Waals surface area contributed by atoms with Gasteiger partial charge in [-0.25, -0.2) is 9.97 Å². The summed E-state index contributed by atoms with van der Waals surface area (Å²) in [6.07, 6.45) is 5.64. The Balaban J connectivity index is 1.43. The molecule has 1 amide bonds. The summed E-state index contributed by atoms with van der Waals surface area (Å²) in [6.45, 7) is 7.21. The Labute approximate surface area is 216 Å². The molecule has 0 radical (unpaired) electrons. The van der Waals surface area contributed by atoms with Gasteiger partial charge in [0.25, 0.3) is 0 Å². The predicted octanol–water partition coefficient (Wildman–Crippen LogP) is 3.92. The number of nitrogens with zero attached hydrogens (tertiary/aromatic N) is 6. The molecule has 1 fully saturated rings. The summed E-state index contributed by atoms with van der Waals surface area (Å²) in [5.41, 5.74) is 6.23. The smallest absolute Gasteiger partial charge is 0.249 e. The number of hydrogen-bond donors (Lipinski definition) is 2. The van der Waals surface area contributed by atoms with Gasteiger partial charge >= 0.3 is 0 Å². The van der Waals surface area contributed by atoms with Crippen LogP contribution in [0.4, 0.5) is 5.82 Å². The number of pyridine rings is 1. The fraction of sp³-hybridized carbons (Fsp3) is 0.321. The SMILES string of the molecule is Cc1ccc([C@@H](Nc2nnc(-c3ccc(-n4cnc(C)c4)c(CO)n3)cc2C)C(=O)N2CCCC2)cc1. The van der Waals surface area contributed by atoms with Crippen LogP contribution in [0.2, 0.25) is 0 Å². The molecule has 1 aliphatic rings. The second kappa shape index (κ2) is 10.5. The van der Waals surface area contributed by atoms with Crippen LogP contribution in [0.25, 0.3) is 17.1 Å². The highest BCUT2D eigenvalue weighted by Gasteiger charge is 2.28. The van der Waals surface area contributed by atoms with E-state index in [0.717, 1.165) is 54.0 Å². The monoisotopic (exact) mass is 497 g/mol. The molecule has 1 aromatic carbocycles. The number of benzene rings is 1. The summed E-state index contributed by atoms with van der Waals surface area (Å²) in [5.74, 6) is 0.598. The molecule has 0 aliphatic carbocycles. The molecule has 4 heterocycles. The molecule has 0 bridgehead atoms. The number of aryl methyl sites for hydroxylation is 3. The van der Waals surface area contributed by atoms with E-state index in [9.17, 15) is 9.90 Å². The van der Waals surface area contributed by atoms with Crippen molar-refractivity contribution in [3.63, 3.8) is 0 Å². The topological polar surface area (TPSA) is 109 Å². The van der Waals surface area contributed by atoms with E-state index in [-0.39, 0.29) is 12.5 Å². The number of aromatic nitrogens is 5. The van der Waals surface area contributed by atoms with Gasteiger partial charge in [-0.3, -0.25) is 4.79 Å². The molecule has 37 heavy (non-hydrogen) atoms. The van der Waals surface area contributed by atoms with Crippen molar-refractivity contribution >= 4 is 11.7 Å². The number of anilines is 1. The zero-order valence-electron chi connectivity index (χ0n) is 21.3. The lowest BCUT2D eigenvalue weighted by molar-refractivity contribution is -0.131. The van der Waals surface area contributed by atoms with E-state index < -0.39 is 6.04 Å². The van der Waals surface area contributed by atoms with Crippen molar-refractivity contribution in [2.75, 3.05) is 18.4 Å². The zero-order valence-corrected chi connectivity index (χ0v) is 21.3. The van der Waals surface area contributed by atoms with Crippen LogP contribution in [-0.4, -0.2) is 53.7 Å². The van der Waals surface area contributed by atoms with Crippen molar-refractivity contribution < 1.29 is 9.90 Å². The second-order valence-electron chi connectivity index (χ2n) is 9.52. The number of aliphatic hydroxyl groups is 1. The molecule has 3 aromatic heterocycles. The van der Waals surface area contributed by atoms with Crippen LogP contribution < -0.4 is 5.32 Å². The minimum Gasteiger partial charge on any atom is -0.390 e. The van der Waals surface area contributed by atoms with Gasteiger partial charge in [-0.15, -0.1) is 10.2 Å². The Hall–Kier alpha value is -4.11. The Bertz CT molecular complexity index is 1410. The molecule has 0 saturated carbocycles. The van der Waals surface area contributed by atoms with Gasteiger partial charge in [0.1, 0.15) is 11.7 Å². The number of likely N-dealkylation sites (tertiary alicyclic amines) is 1. The number of carbonyl (C=O) groups excluding carboxylic acids is 1. The lowest BCUT2D eigenvalue weighted by Crippen LogP contribution is -2.36. The largest absolute Gasteiger partial charge is 0.390 e. The molecule has 1 aliphatic heterocycles. The van der Waals surface area contributed by atoms with Crippen LogP contribution in [0.15, 0.2) is 55.0 Å². The van der Waals surface area contributed by atoms with Crippen molar-refractivity contribution in [3.8, 4) is 17.1 Å². The predicted molar refractivity (Wildman–Crippen MR) is 141 cm³/mol. The Kier molecular flexibility index (Phi) is 6.96. The van der Waals surface area contributed by atoms with Crippen LogP contribution in [-0.2, 0) is 11.4 Å². The quantitative estimate of drug-likeness (QED) is 0.398. The van der Waals surface area contributed by atoms with Crippen LogP contribution >= 0.6 is 0 Å². The van der Waals surface area contributed by atoms with E-state index in [4.69, 9.17) is 0 Å². The second-order valence-corrected chi connectivity index (χ2v) is 9.52. The van der Waals surface area contributed by atoms with E-state index in [2.05, 4.69) is 25.5 Å². The maximum Gasteiger partial charge on any atom is 0.249 e. The van der Waals surface area contributed by atoms with Crippen LogP contribution in [0, 0.1) is 20.8 Å². The fourth-order valence-electron chi connectivity index (χ4n) is 4.60. The van der Waals surface area contributed by atoms with Crippen molar-refractivity contribution in [2.24, 2.45) is 0 Å². The van der Waals surface area contributed by atoms with Crippen molar-refractivity contribution in [1.82, 2.24) is 29.6 Å². The van der Waals surface area contributed by atoms with Crippen LogP contribution in [0.5, 0.6) is 0 Å². The van der Waals surface area contributed by atoms with E-state index in [1.807, 2.05) is 78.9 Å². The third-order valence-electron chi connectivity index (χ3n) is 6.69. The normalized spacial score (nSPS) is 14.1. The molecule has 9 heteroatoms. The van der Waals surface area contributed by atoms with Gasteiger partial charge in [0, 0.05) is 19.3 Å². The molecule has 2 N–H and O–H groups in total. The van der Waals surface area contributed by atoms with Gasteiger partial charge in [0.2, 0.25) is 5.91 Å². The van der Waals surface area contributed by atoms with E-state index in [1.165, 1.54) is 0 Å². The molecule has 1 saturated heterocycles. The van der Waals surface area contributed by atoms with Gasteiger partial charge in [0.05, 0.1) is 35.7 Å². The summed E-state index contributed by atoms with van der Waals surface area (Å²) < 4.78 is 1.84. The van der Waals surface area contributed by atoms with Crippen molar-refractivity contribution in [1.29, 1.82) is 0 Å². The first kappa shape index (κ1) is 24.6. The maximum absolute atomic E-state index is 13.4. The Morgan fingerprint density at radius 1 is 1.03 bits per heavy atom. The average Bonchev–Trinajstić information content (AvgIpc) is 3.60. The summed E-state index contributed by atoms with van der Waals surface area (Å²) in [5, 5.41) is 22.1. The minimum atomic E-state index is -0.547. The summed E-state index contributed by atoms with van der Waals surface area (Å²) in [4.78, 5) is 24.2. The number of nitrogens with one attached hydrogen (secondary N) is 1. The summed E-state index contributed by atoms with van der Waals surface area (Å²) in [7, 11) is 0. The molecule has 5 rings (SSSR count). The average molecular weight is 498 g/mol. The summed E-state index contributed by atoms with van der Waals surface area (Å²) in [6, 6.07) is 13.1. The third-order valence-corrected chi connectivity index (χ3v) is 6.69. The van der Waals surface area contributed by atoms with E-state index in [0.29, 0.717) is 22.9 Å². The maximum atomic E-state index is 13.4. The van der Waals surface area contributed by atoms with E-state index >= 15 is 0 Å². The standard InChI is InChI=1S/C28H31N7O2/c1-18-6-8-21(9-7-18)26(28(37)34-12-4-5-13-34)31-27-19(2)14-23(32-33-27)22-10-11-25(24(16-36)30-22)35-15-20(3)29-17-35/h6-11,14-15,17,26,36H,4-5,12-13,16H2,1-3H3,(H,31,33)/t26-/m1/s1. The molecule has 0 spiro atoms. The van der Waals surface area contributed by atoms with Crippen LogP contribution in [0.3, 0.4) is 0 Å². The number of rotatable bonds is 7. The molecule has 190 valence electrons. The van der Waals surface area contributed by atoms with Crippen molar-refractivity contribution in [3.05, 3.63) is 83.1 Å². The number of imidazole rings is 1. The number of carbonyl (C=O) groups is 1. The first-order valence-electron chi connectivity index (χ1n) is 12.5. The lowest BCUT2D eigenvalue weighted by Gasteiger charge is -2.25. The van der Waals surface area contributed by atoms with Gasteiger partial charge in [0.15, 0.2) is 5.82 Å². The zero-order chi connectivity index (χ0) is 25.9. The highest BCUT2D eigenvalue weighted by Crippen LogP contribution is 2.27. The molecule has 1 atom stereocenters. The highest BCUT2D eigenvalue weighted by atomic mass is 16.3. The molecule has 4 aromatic rings. The third kappa shape index (κ3) is 5.22. The van der Waals surface area contributed by atoms with Gasteiger partial charge < -0.3 is 19.9 Å². The molecule has 9 nitrogen and oxygen atoms in total. The highest BCUT2D eigenvalue weighted by molar-refractivity contribution is 5.86. The van der Waals surface area contributed by atoms with E-state index in [1.54, 1.807) is 6.33 Å². The number of aliphatic hydroxyl groups excluding tert-OH is 1. The van der Waals surface area contributed by atoms with Gasteiger partial charge in [-0.1, -0.05) is 29.8 Å². The van der Waals surface area contributed by atoms with Gasteiger partial charge in [-0.2, -0.15) is 0 Å². The van der Waals surface area contributed by atoms with Gasteiger partial charge in [-0.05, 0) is 62.9 Å². The van der Waals surface area contributed by atoms with Crippen LogP contribution in [0.1, 0.15) is 47.0 Å². The van der Waals surface area contributed by atoms with Crippen molar-refractivity contribution in [2.45, 2.75) is 46.3 Å². The lowest BCUT2D eigenvalue weighted by atomic mass is 10.0. The number of hydrogen-bond acceptors (Lipinski definition) is 7. The first-order chi connectivity index (χ1) is 17.9.